The number of anilines is 1. The number of rotatable bonds is 4. The standard InChI is InChI=1S/C16H10Cl2N2O4/c17-8-4-5-12(10(18)6-8)24-7-13(21)19-11-3-1-2-9-14(11)16(23)20-15(9)22/h1-6H,7H2,(H,19,21)(H,20,22,23). The van der Waals surface area contributed by atoms with E-state index >= 15 is 0 Å². The fraction of sp³-hybridized carbons (Fsp3) is 0.0625. The lowest BCUT2D eigenvalue weighted by Gasteiger charge is -2.10. The van der Waals surface area contributed by atoms with Gasteiger partial charge in [0.25, 0.3) is 17.7 Å². The van der Waals surface area contributed by atoms with Crippen LogP contribution in [0.15, 0.2) is 36.4 Å². The van der Waals surface area contributed by atoms with Crippen molar-refractivity contribution in [2.45, 2.75) is 0 Å². The number of imide groups is 1. The van der Waals surface area contributed by atoms with Crippen LogP contribution in [0.25, 0.3) is 0 Å². The second-order valence-electron chi connectivity index (χ2n) is 4.92. The molecule has 1 aliphatic heterocycles. The molecule has 0 spiro atoms. The molecule has 3 amide bonds. The maximum atomic E-state index is 12.0. The number of amides is 3. The first-order valence-corrected chi connectivity index (χ1v) is 7.57. The number of carbonyl (C=O) groups excluding carboxylic acids is 3. The van der Waals surface area contributed by atoms with Crippen molar-refractivity contribution in [1.82, 2.24) is 5.32 Å². The maximum absolute atomic E-state index is 12.0. The number of carbonyl (C=O) groups is 3. The van der Waals surface area contributed by atoms with Gasteiger partial charge in [-0.05, 0) is 30.3 Å². The quantitative estimate of drug-likeness (QED) is 0.816. The predicted molar refractivity (Wildman–Crippen MR) is 88.8 cm³/mol. The van der Waals surface area contributed by atoms with E-state index in [2.05, 4.69) is 10.6 Å². The summed E-state index contributed by atoms with van der Waals surface area (Å²) < 4.78 is 5.32. The number of fused-ring (bicyclic) bond motifs is 1. The first-order chi connectivity index (χ1) is 11.5. The molecule has 3 rings (SSSR count). The molecule has 122 valence electrons. The summed E-state index contributed by atoms with van der Waals surface area (Å²) in [6, 6.07) is 9.24. The summed E-state index contributed by atoms with van der Waals surface area (Å²) in [4.78, 5) is 35.4. The molecule has 0 saturated carbocycles. The summed E-state index contributed by atoms with van der Waals surface area (Å²) in [6.07, 6.45) is 0. The van der Waals surface area contributed by atoms with Gasteiger partial charge in [0.05, 0.1) is 21.8 Å². The van der Waals surface area contributed by atoms with Crippen LogP contribution >= 0.6 is 23.2 Å². The van der Waals surface area contributed by atoms with E-state index < -0.39 is 17.7 Å². The number of hydrogen-bond donors (Lipinski definition) is 2. The zero-order valence-electron chi connectivity index (χ0n) is 12.1. The Balaban J connectivity index is 1.70. The van der Waals surface area contributed by atoms with Crippen LogP contribution in [0.4, 0.5) is 5.69 Å². The normalized spacial score (nSPS) is 12.6. The Labute approximate surface area is 146 Å². The van der Waals surface area contributed by atoms with E-state index in [1.807, 2.05) is 0 Å². The molecule has 1 heterocycles. The van der Waals surface area contributed by atoms with Crippen LogP contribution in [0.5, 0.6) is 5.75 Å². The molecule has 6 nitrogen and oxygen atoms in total. The van der Waals surface area contributed by atoms with Gasteiger partial charge in [-0.2, -0.15) is 0 Å². The first kappa shape index (κ1) is 16.3. The minimum Gasteiger partial charge on any atom is -0.482 e. The summed E-state index contributed by atoms with van der Waals surface area (Å²) in [5.41, 5.74) is 0.603. The lowest BCUT2D eigenvalue weighted by atomic mass is 10.1. The topological polar surface area (TPSA) is 84.5 Å². The van der Waals surface area contributed by atoms with Gasteiger partial charge in [0.2, 0.25) is 0 Å². The summed E-state index contributed by atoms with van der Waals surface area (Å²) >= 11 is 11.7. The van der Waals surface area contributed by atoms with Crippen molar-refractivity contribution in [2.24, 2.45) is 0 Å². The Morgan fingerprint density at radius 3 is 2.67 bits per heavy atom. The zero-order chi connectivity index (χ0) is 17.3. The van der Waals surface area contributed by atoms with Crippen LogP contribution in [0, 0.1) is 0 Å². The van der Waals surface area contributed by atoms with Gasteiger partial charge in [-0.15, -0.1) is 0 Å². The second-order valence-corrected chi connectivity index (χ2v) is 5.77. The maximum Gasteiger partial charge on any atom is 0.262 e. The van der Waals surface area contributed by atoms with Crippen molar-refractivity contribution in [3.8, 4) is 5.75 Å². The minimum absolute atomic E-state index is 0.139. The molecule has 0 atom stereocenters. The first-order valence-electron chi connectivity index (χ1n) is 6.82. The Morgan fingerprint density at radius 2 is 1.92 bits per heavy atom. The fourth-order valence-electron chi connectivity index (χ4n) is 2.25. The third-order valence-electron chi connectivity index (χ3n) is 3.29. The molecule has 24 heavy (non-hydrogen) atoms. The zero-order valence-corrected chi connectivity index (χ0v) is 13.6. The van der Waals surface area contributed by atoms with Gasteiger partial charge in [0.15, 0.2) is 6.61 Å². The van der Waals surface area contributed by atoms with Crippen molar-refractivity contribution in [1.29, 1.82) is 0 Å². The number of halogens is 2. The largest absolute Gasteiger partial charge is 0.482 e. The molecule has 2 aromatic rings. The Morgan fingerprint density at radius 1 is 1.12 bits per heavy atom. The van der Waals surface area contributed by atoms with Gasteiger partial charge < -0.3 is 10.1 Å². The minimum atomic E-state index is -0.549. The smallest absolute Gasteiger partial charge is 0.262 e. The van der Waals surface area contributed by atoms with Gasteiger partial charge in [-0.1, -0.05) is 29.3 Å². The summed E-state index contributed by atoms with van der Waals surface area (Å²) in [5.74, 6) is -1.23. The number of hydrogen-bond acceptors (Lipinski definition) is 4. The average molecular weight is 365 g/mol. The van der Waals surface area contributed by atoms with Gasteiger partial charge in [-0.25, -0.2) is 0 Å². The van der Waals surface area contributed by atoms with Gasteiger partial charge in [-0.3, -0.25) is 19.7 Å². The number of benzene rings is 2. The second kappa shape index (κ2) is 6.51. The van der Waals surface area contributed by atoms with Crippen LogP contribution in [0.1, 0.15) is 20.7 Å². The highest BCUT2D eigenvalue weighted by Crippen LogP contribution is 2.28. The molecule has 0 aliphatic carbocycles. The van der Waals surface area contributed by atoms with Gasteiger partial charge in [0, 0.05) is 5.02 Å². The van der Waals surface area contributed by atoms with E-state index in [9.17, 15) is 14.4 Å². The van der Waals surface area contributed by atoms with E-state index in [0.29, 0.717) is 10.8 Å². The Hall–Kier alpha value is -2.57. The van der Waals surface area contributed by atoms with Crippen LogP contribution < -0.4 is 15.4 Å². The summed E-state index contributed by atoms with van der Waals surface area (Å²) in [5, 5.41) is 5.45. The van der Waals surface area contributed by atoms with Crippen LogP contribution in [-0.2, 0) is 4.79 Å². The molecular formula is C16H10Cl2N2O4. The van der Waals surface area contributed by atoms with E-state index in [4.69, 9.17) is 27.9 Å². The Kier molecular flexibility index (Phi) is 4.42. The van der Waals surface area contributed by atoms with Crippen molar-refractivity contribution < 1.29 is 19.1 Å². The Bertz CT molecular complexity index is 867. The molecule has 8 heteroatoms. The van der Waals surface area contributed by atoms with Gasteiger partial charge in [0.1, 0.15) is 5.75 Å². The fourth-order valence-corrected chi connectivity index (χ4v) is 2.71. The third kappa shape index (κ3) is 3.20. The highest BCUT2D eigenvalue weighted by Gasteiger charge is 2.29. The number of ether oxygens (including phenoxy) is 1. The molecule has 0 unspecified atom stereocenters. The third-order valence-corrected chi connectivity index (χ3v) is 3.82. The van der Waals surface area contributed by atoms with Crippen molar-refractivity contribution in [2.75, 3.05) is 11.9 Å². The summed E-state index contributed by atoms with van der Waals surface area (Å²) in [6.45, 7) is -0.319. The molecule has 1 aliphatic rings. The predicted octanol–water partition coefficient (Wildman–Crippen LogP) is 2.89. The van der Waals surface area contributed by atoms with E-state index in [0.717, 1.165) is 0 Å². The SMILES string of the molecule is O=C(COc1ccc(Cl)cc1Cl)Nc1cccc2c1C(=O)NC2=O. The lowest BCUT2D eigenvalue weighted by molar-refractivity contribution is -0.118. The van der Waals surface area contributed by atoms with Crippen molar-refractivity contribution in [3.63, 3.8) is 0 Å². The highest BCUT2D eigenvalue weighted by molar-refractivity contribution is 6.35. The van der Waals surface area contributed by atoms with Crippen LogP contribution in [0.2, 0.25) is 10.0 Å². The van der Waals surface area contributed by atoms with Crippen molar-refractivity contribution >= 4 is 46.6 Å². The molecule has 0 radical (unpaired) electrons. The molecule has 2 N–H and O–H groups in total. The van der Waals surface area contributed by atoms with Crippen LogP contribution in [0.3, 0.4) is 0 Å². The van der Waals surface area contributed by atoms with E-state index in [-0.39, 0.29) is 28.4 Å². The van der Waals surface area contributed by atoms with Crippen molar-refractivity contribution in [3.05, 3.63) is 57.6 Å². The highest BCUT2D eigenvalue weighted by atomic mass is 35.5. The van der Waals surface area contributed by atoms with Gasteiger partial charge >= 0.3 is 0 Å². The lowest BCUT2D eigenvalue weighted by Crippen LogP contribution is -2.23. The molecule has 0 aromatic heterocycles. The molecule has 0 fully saturated rings. The van der Waals surface area contributed by atoms with E-state index in [1.54, 1.807) is 18.2 Å². The molecular weight excluding hydrogens is 355 g/mol. The molecule has 2 aromatic carbocycles. The van der Waals surface area contributed by atoms with E-state index in [1.165, 1.54) is 18.2 Å². The number of nitrogens with one attached hydrogen (secondary N) is 2. The average Bonchev–Trinajstić information content (AvgIpc) is 2.82. The summed E-state index contributed by atoms with van der Waals surface area (Å²) in [7, 11) is 0. The monoisotopic (exact) mass is 364 g/mol. The molecule has 0 bridgehead atoms. The molecule has 0 saturated heterocycles. The van der Waals surface area contributed by atoms with Crippen LogP contribution in [-0.4, -0.2) is 24.3 Å².